The van der Waals surface area contributed by atoms with Gasteiger partial charge in [0, 0.05) is 18.9 Å². The minimum atomic E-state index is -0.111. The van der Waals surface area contributed by atoms with Crippen molar-refractivity contribution in [2.75, 3.05) is 32.8 Å². The van der Waals surface area contributed by atoms with Crippen LogP contribution in [0.1, 0.15) is 29.9 Å². The van der Waals surface area contributed by atoms with Crippen LogP contribution in [-0.2, 0) is 16.0 Å². The number of hydrogen-bond acceptors (Lipinski definition) is 4. The Balaban J connectivity index is 1.74. The topological polar surface area (TPSA) is 56.8 Å². The first-order chi connectivity index (χ1) is 12.7. The zero-order valence-corrected chi connectivity index (χ0v) is 15.3. The van der Waals surface area contributed by atoms with Gasteiger partial charge in [-0.05, 0) is 42.5 Å². The first kappa shape index (κ1) is 18.3. The molecule has 2 aromatic rings. The summed E-state index contributed by atoms with van der Waals surface area (Å²) >= 11 is 0. The molecule has 1 atom stereocenters. The van der Waals surface area contributed by atoms with E-state index in [9.17, 15) is 4.79 Å². The predicted molar refractivity (Wildman–Crippen MR) is 101 cm³/mol. The molecule has 0 aliphatic heterocycles. The highest BCUT2D eigenvalue weighted by molar-refractivity contribution is 5.96. The number of carbonyl (C=O) groups excluding carboxylic acids is 1. The predicted octanol–water partition coefficient (Wildman–Crippen LogP) is 3.78. The molecule has 0 saturated heterocycles. The van der Waals surface area contributed by atoms with Crippen LogP contribution in [0, 0.1) is 0 Å². The Hall–Kier alpha value is -2.53. The van der Waals surface area contributed by atoms with Crippen molar-refractivity contribution in [1.82, 2.24) is 0 Å². The number of methoxy groups -OCH3 is 2. The first-order valence-corrected chi connectivity index (χ1v) is 8.91. The normalized spacial score (nSPS) is 15.8. The van der Waals surface area contributed by atoms with E-state index in [1.165, 1.54) is 5.56 Å². The second-order valence-corrected chi connectivity index (χ2v) is 6.34. The van der Waals surface area contributed by atoms with Crippen LogP contribution in [0.25, 0.3) is 0 Å². The van der Waals surface area contributed by atoms with Crippen molar-refractivity contribution in [3.8, 4) is 11.5 Å². The van der Waals surface area contributed by atoms with Gasteiger partial charge in [0.2, 0.25) is 5.91 Å². The van der Waals surface area contributed by atoms with Gasteiger partial charge in [-0.2, -0.15) is 0 Å². The number of rotatable bonds is 7. The summed E-state index contributed by atoms with van der Waals surface area (Å²) < 4.78 is 16.0. The molecule has 26 heavy (non-hydrogen) atoms. The number of amides is 1. The minimum absolute atomic E-state index is 0.0187. The molecule has 5 nitrogen and oxygen atoms in total. The number of carbonyl (C=O) groups is 1. The summed E-state index contributed by atoms with van der Waals surface area (Å²) in [7, 11) is 3.22. The number of ether oxygens (including phenoxy) is 3. The molecule has 0 aromatic heterocycles. The van der Waals surface area contributed by atoms with Gasteiger partial charge in [-0.1, -0.05) is 24.3 Å². The molecule has 0 fully saturated rings. The Labute approximate surface area is 154 Å². The Bertz CT molecular complexity index is 759. The first-order valence-electron chi connectivity index (χ1n) is 8.91. The van der Waals surface area contributed by atoms with Gasteiger partial charge in [0.25, 0.3) is 0 Å². The zero-order chi connectivity index (χ0) is 18.4. The fourth-order valence-electron chi connectivity index (χ4n) is 3.36. The summed E-state index contributed by atoms with van der Waals surface area (Å²) in [5, 5.41) is 3.03. The van der Waals surface area contributed by atoms with E-state index in [0.717, 1.165) is 24.8 Å². The minimum Gasteiger partial charge on any atom is -0.493 e. The van der Waals surface area contributed by atoms with Crippen LogP contribution in [-0.4, -0.2) is 33.3 Å². The van der Waals surface area contributed by atoms with Gasteiger partial charge in [-0.25, -0.2) is 0 Å². The van der Waals surface area contributed by atoms with E-state index in [0.29, 0.717) is 30.4 Å². The molecule has 0 radical (unpaired) electrons. The summed E-state index contributed by atoms with van der Waals surface area (Å²) in [6.07, 6.45) is 2.94. The lowest BCUT2D eigenvalue weighted by Crippen LogP contribution is -2.24. The molecule has 0 heterocycles. The van der Waals surface area contributed by atoms with Gasteiger partial charge in [-0.3, -0.25) is 4.79 Å². The summed E-state index contributed by atoms with van der Waals surface area (Å²) in [6, 6.07) is 13.6. The fourth-order valence-corrected chi connectivity index (χ4v) is 3.36. The molecule has 1 amide bonds. The van der Waals surface area contributed by atoms with E-state index in [1.54, 1.807) is 26.4 Å². The number of nitrogens with one attached hydrogen (secondary N) is 1. The third-order valence-electron chi connectivity index (χ3n) is 4.66. The van der Waals surface area contributed by atoms with Crippen LogP contribution in [0.2, 0.25) is 0 Å². The molecule has 5 heteroatoms. The van der Waals surface area contributed by atoms with Gasteiger partial charge in [0.15, 0.2) is 11.5 Å². The van der Waals surface area contributed by atoms with Crippen LogP contribution < -0.4 is 14.8 Å². The summed E-state index contributed by atoms with van der Waals surface area (Å²) in [4.78, 5) is 12.9. The van der Waals surface area contributed by atoms with Crippen LogP contribution in [0.15, 0.2) is 42.5 Å². The number of aryl methyl sites for hydroxylation is 1. The van der Waals surface area contributed by atoms with Crippen LogP contribution in [0.5, 0.6) is 11.5 Å². The quantitative estimate of drug-likeness (QED) is 0.768. The van der Waals surface area contributed by atoms with Gasteiger partial charge >= 0.3 is 0 Å². The van der Waals surface area contributed by atoms with Crippen molar-refractivity contribution < 1.29 is 19.0 Å². The molecule has 1 aliphatic carbocycles. The summed E-state index contributed by atoms with van der Waals surface area (Å²) in [5.41, 5.74) is 3.12. The van der Waals surface area contributed by atoms with Crippen LogP contribution >= 0.6 is 0 Å². The SMILES string of the molecule is COCCOc1cc(NC(=O)C2CCCc3ccccc32)ccc1OC. The highest BCUT2D eigenvalue weighted by Crippen LogP contribution is 2.34. The second-order valence-electron chi connectivity index (χ2n) is 6.34. The Kier molecular flexibility index (Phi) is 6.12. The van der Waals surface area contributed by atoms with Gasteiger partial charge < -0.3 is 19.5 Å². The molecule has 1 N–H and O–H groups in total. The van der Waals surface area contributed by atoms with E-state index in [-0.39, 0.29) is 11.8 Å². The zero-order valence-electron chi connectivity index (χ0n) is 15.3. The molecular formula is C21H25NO4. The van der Waals surface area contributed by atoms with Gasteiger partial charge in [0.05, 0.1) is 19.6 Å². The van der Waals surface area contributed by atoms with Crippen molar-refractivity contribution in [3.63, 3.8) is 0 Å². The third-order valence-corrected chi connectivity index (χ3v) is 4.66. The monoisotopic (exact) mass is 355 g/mol. The summed E-state index contributed by atoms with van der Waals surface area (Å²) in [5.74, 6) is 1.12. The molecule has 138 valence electrons. The van der Waals surface area contributed by atoms with Crippen molar-refractivity contribution in [2.24, 2.45) is 0 Å². The van der Waals surface area contributed by atoms with E-state index < -0.39 is 0 Å². The third kappa shape index (κ3) is 4.17. The Morgan fingerprint density at radius 2 is 1.96 bits per heavy atom. The second kappa shape index (κ2) is 8.72. The van der Waals surface area contributed by atoms with Crippen LogP contribution in [0.3, 0.4) is 0 Å². The van der Waals surface area contributed by atoms with Crippen molar-refractivity contribution in [1.29, 1.82) is 0 Å². The highest BCUT2D eigenvalue weighted by atomic mass is 16.5. The average molecular weight is 355 g/mol. The highest BCUT2D eigenvalue weighted by Gasteiger charge is 2.26. The molecule has 3 rings (SSSR count). The standard InChI is InChI=1S/C21H25NO4/c1-24-12-13-26-20-14-16(10-11-19(20)25-2)22-21(23)18-9-5-7-15-6-3-4-8-17(15)18/h3-4,6,8,10-11,14,18H,5,7,9,12-13H2,1-2H3,(H,22,23). The Morgan fingerprint density at radius 1 is 1.12 bits per heavy atom. The van der Waals surface area contributed by atoms with E-state index >= 15 is 0 Å². The molecule has 0 bridgehead atoms. The van der Waals surface area contributed by atoms with Gasteiger partial charge in [0.1, 0.15) is 6.61 Å². The number of fused-ring (bicyclic) bond motifs is 1. The van der Waals surface area contributed by atoms with Gasteiger partial charge in [-0.15, -0.1) is 0 Å². The average Bonchev–Trinajstić information content (AvgIpc) is 2.68. The van der Waals surface area contributed by atoms with E-state index in [1.807, 2.05) is 18.2 Å². The molecule has 0 saturated carbocycles. The van der Waals surface area contributed by atoms with Crippen molar-refractivity contribution >= 4 is 11.6 Å². The molecular weight excluding hydrogens is 330 g/mol. The number of hydrogen-bond donors (Lipinski definition) is 1. The maximum atomic E-state index is 12.9. The molecule has 1 unspecified atom stereocenters. The maximum Gasteiger partial charge on any atom is 0.231 e. The number of benzene rings is 2. The molecule has 2 aromatic carbocycles. The lowest BCUT2D eigenvalue weighted by molar-refractivity contribution is -0.117. The maximum absolute atomic E-state index is 12.9. The fraction of sp³-hybridized carbons (Fsp3) is 0.381. The smallest absolute Gasteiger partial charge is 0.231 e. The molecule has 0 spiro atoms. The van der Waals surface area contributed by atoms with Crippen molar-refractivity contribution in [2.45, 2.75) is 25.2 Å². The van der Waals surface area contributed by atoms with Crippen LogP contribution in [0.4, 0.5) is 5.69 Å². The lowest BCUT2D eigenvalue weighted by Gasteiger charge is -2.24. The number of anilines is 1. The van der Waals surface area contributed by atoms with Crippen molar-refractivity contribution in [3.05, 3.63) is 53.6 Å². The van der Waals surface area contributed by atoms with E-state index in [2.05, 4.69) is 17.4 Å². The Morgan fingerprint density at radius 3 is 2.77 bits per heavy atom. The molecule has 1 aliphatic rings. The largest absolute Gasteiger partial charge is 0.493 e. The lowest BCUT2D eigenvalue weighted by atomic mass is 9.82. The van der Waals surface area contributed by atoms with E-state index in [4.69, 9.17) is 14.2 Å². The summed E-state index contributed by atoms with van der Waals surface area (Å²) in [6.45, 7) is 0.902.